The van der Waals surface area contributed by atoms with E-state index in [1.807, 2.05) is 0 Å². The Labute approximate surface area is 114 Å². The highest BCUT2D eigenvalue weighted by Crippen LogP contribution is 2.27. The summed E-state index contributed by atoms with van der Waals surface area (Å²) in [6, 6.07) is 4.54. The molecule has 0 heterocycles. The van der Waals surface area contributed by atoms with E-state index in [0.29, 0.717) is 11.0 Å². The van der Waals surface area contributed by atoms with Gasteiger partial charge in [0.25, 0.3) is 0 Å². The summed E-state index contributed by atoms with van der Waals surface area (Å²) < 4.78 is 19.3. The topological polar surface area (TPSA) is 38.3 Å². The summed E-state index contributed by atoms with van der Waals surface area (Å²) in [6.07, 6.45) is 1.60. The Morgan fingerprint density at radius 2 is 2.33 bits per heavy atom. The summed E-state index contributed by atoms with van der Waals surface area (Å²) in [6.45, 7) is 5.50. The molecule has 0 radical (unpaired) electrons. The highest BCUT2D eigenvalue weighted by atomic mass is 79.9. The molecule has 1 rings (SSSR count). The van der Waals surface area contributed by atoms with Crippen LogP contribution in [-0.2, 0) is 15.1 Å². The lowest BCUT2D eigenvalue weighted by molar-refractivity contribution is -0.148. The maximum absolute atomic E-state index is 14.0. The maximum atomic E-state index is 14.0. The van der Waals surface area contributed by atoms with Crippen LogP contribution in [0, 0.1) is 5.82 Å². The molecular weight excluding hydrogens is 301 g/mol. The minimum Gasteiger partial charge on any atom is -0.467 e. The molecule has 0 aliphatic carbocycles. The van der Waals surface area contributed by atoms with Crippen molar-refractivity contribution >= 4 is 21.9 Å². The average Bonchev–Trinajstić information content (AvgIpc) is 2.34. The average molecular weight is 316 g/mol. The molecule has 3 nitrogen and oxygen atoms in total. The molecule has 18 heavy (non-hydrogen) atoms. The minimum absolute atomic E-state index is 0.236. The fourth-order valence-electron chi connectivity index (χ4n) is 1.65. The molecule has 98 valence electrons. The lowest BCUT2D eigenvalue weighted by Crippen LogP contribution is -2.48. The minimum atomic E-state index is -1.24. The zero-order valence-electron chi connectivity index (χ0n) is 10.3. The second kappa shape index (κ2) is 6.11. The Morgan fingerprint density at radius 1 is 1.67 bits per heavy atom. The highest BCUT2D eigenvalue weighted by molar-refractivity contribution is 9.10. The van der Waals surface area contributed by atoms with Gasteiger partial charge in [0.05, 0.1) is 7.11 Å². The smallest absolute Gasteiger partial charge is 0.330 e. The van der Waals surface area contributed by atoms with E-state index in [1.165, 1.54) is 13.2 Å². The normalized spacial score (nSPS) is 13.8. The SMILES string of the molecule is C=CCNC(C)(C(=O)OC)c1ccc(Br)cc1F. The molecule has 0 bridgehead atoms. The number of benzene rings is 1. The van der Waals surface area contributed by atoms with Crippen LogP contribution in [0.3, 0.4) is 0 Å². The van der Waals surface area contributed by atoms with Crippen LogP contribution < -0.4 is 5.32 Å². The van der Waals surface area contributed by atoms with Gasteiger partial charge in [-0.2, -0.15) is 0 Å². The second-order valence-corrected chi connectivity index (χ2v) is 4.83. The second-order valence-electron chi connectivity index (χ2n) is 3.91. The van der Waals surface area contributed by atoms with E-state index in [4.69, 9.17) is 4.74 Å². The van der Waals surface area contributed by atoms with Gasteiger partial charge in [0.1, 0.15) is 11.4 Å². The van der Waals surface area contributed by atoms with Crippen molar-refractivity contribution in [1.29, 1.82) is 0 Å². The Hall–Kier alpha value is -1.20. The van der Waals surface area contributed by atoms with Crippen LogP contribution in [0.1, 0.15) is 12.5 Å². The standard InChI is InChI=1S/C13H15BrFNO2/c1-4-7-16-13(2,12(17)18-3)10-6-5-9(14)8-11(10)15/h4-6,8,16H,1,7H2,2-3H3. The number of esters is 1. The van der Waals surface area contributed by atoms with E-state index in [9.17, 15) is 9.18 Å². The molecule has 1 atom stereocenters. The zero-order valence-corrected chi connectivity index (χ0v) is 11.9. The summed E-state index contributed by atoms with van der Waals surface area (Å²) in [5.74, 6) is -1.03. The molecule has 0 amide bonds. The molecule has 0 spiro atoms. The monoisotopic (exact) mass is 315 g/mol. The third-order valence-corrected chi connectivity index (χ3v) is 3.16. The summed E-state index contributed by atoms with van der Waals surface area (Å²) in [5.41, 5.74) is -1.01. The molecule has 0 saturated carbocycles. The zero-order chi connectivity index (χ0) is 13.8. The molecule has 1 unspecified atom stereocenters. The molecule has 0 saturated heterocycles. The van der Waals surface area contributed by atoms with E-state index in [-0.39, 0.29) is 5.56 Å². The molecule has 1 N–H and O–H groups in total. The summed E-state index contributed by atoms with van der Waals surface area (Å²) in [5, 5.41) is 2.93. The fraction of sp³-hybridized carbons (Fsp3) is 0.308. The van der Waals surface area contributed by atoms with Gasteiger partial charge in [0, 0.05) is 16.6 Å². The summed E-state index contributed by atoms with van der Waals surface area (Å²) in [4.78, 5) is 11.9. The predicted octanol–water partition coefficient (Wildman–Crippen LogP) is 2.75. The van der Waals surface area contributed by atoms with E-state index < -0.39 is 17.3 Å². The van der Waals surface area contributed by atoms with Crippen LogP contribution in [-0.4, -0.2) is 19.6 Å². The van der Waals surface area contributed by atoms with Crippen molar-refractivity contribution in [2.75, 3.05) is 13.7 Å². The first-order valence-electron chi connectivity index (χ1n) is 5.35. The van der Waals surface area contributed by atoms with Crippen LogP contribution in [0.5, 0.6) is 0 Å². The predicted molar refractivity (Wildman–Crippen MR) is 71.7 cm³/mol. The van der Waals surface area contributed by atoms with Crippen molar-refractivity contribution in [2.24, 2.45) is 0 Å². The number of rotatable bonds is 5. The van der Waals surface area contributed by atoms with Crippen LogP contribution in [0.15, 0.2) is 35.3 Å². The Morgan fingerprint density at radius 3 is 2.83 bits per heavy atom. The van der Waals surface area contributed by atoms with Crippen LogP contribution in [0.4, 0.5) is 4.39 Å². The van der Waals surface area contributed by atoms with E-state index in [2.05, 4.69) is 27.8 Å². The number of hydrogen-bond acceptors (Lipinski definition) is 3. The van der Waals surface area contributed by atoms with Gasteiger partial charge in [0.2, 0.25) is 0 Å². The number of hydrogen-bond donors (Lipinski definition) is 1. The first-order valence-corrected chi connectivity index (χ1v) is 6.15. The first kappa shape index (κ1) is 14.9. The molecule has 0 aliphatic rings. The first-order chi connectivity index (χ1) is 8.45. The highest BCUT2D eigenvalue weighted by Gasteiger charge is 2.37. The van der Waals surface area contributed by atoms with Crippen molar-refractivity contribution in [3.63, 3.8) is 0 Å². The number of carbonyl (C=O) groups is 1. The fourth-order valence-corrected chi connectivity index (χ4v) is 1.99. The van der Waals surface area contributed by atoms with Crippen LogP contribution in [0.2, 0.25) is 0 Å². The summed E-state index contributed by atoms with van der Waals surface area (Å²) in [7, 11) is 1.27. The number of halogens is 2. The molecule has 0 aromatic heterocycles. The number of ether oxygens (including phenoxy) is 1. The third kappa shape index (κ3) is 2.97. The number of methoxy groups -OCH3 is 1. The Kier molecular flexibility index (Phi) is 5.04. The lowest BCUT2D eigenvalue weighted by Gasteiger charge is -2.28. The van der Waals surface area contributed by atoms with Gasteiger partial charge in [-0.25, -0.2) is 9.18 Å². The summed E-state index contributed by atoms with van der Waals surface area (Å²) >= 11 is 3.18. The lowest BCUT2D eigenvalue weighted by atomic mass is 9.91. The molecule has 1 aromatic rings. The molecule has 0 aliphatic heterocycles. The molecule has 5 heteroatoms. The van der Waals surface area contributed by atoms with E-state index in [0.717, 1.165) is 0 Å². The van der Waals surface area contributed by atoms with Crippen molar-refractivity contribution in [1.82, 2.24) is 5.32 Å². The van der Waals surface area contributed by atoms with Gasteiger partial charge in [-0.3, -0.25) is 5.32 Å². The van der Waals surface area contributed by atoms with Crippen LogP contribution in [0.25, 0.3) is 0 Å². The molecule has 1 aromatic carbocycles. The van der Waals surface area contributed by atoms with E-state index in [1.54, 1.807) is 25.1 Å². The largest absolute Gasteiger partial charge is 0.467 e. The number of carbonyl (C=O) groups excluding carboxylic acids is 1. The van der Waals surface area contributed by atoms with Gasteiger partial charge < -0.3 is 4.74 Å². The maximum Gasteiger partial charge on any atom is 0.330 e. The van der Waals surface area contributed by atoms with Crippen molar-refractivity contribution < 1.29 is 13.9 Å². The van der Waals surface area contributed by atoms with Crippen molar-refractivity contribution in [2.45, 2.75) is 12.5 Å². The Bertz CT molecular complexity index is 464. The molecule has 0 fully saturated rings. The van der Waals surface area contributed by atoms with E-state index >= 15 is 0 Å². The van der Waals surface area contributed by atoms with Gasteiger partial charge in [-0.1, -0.05) is 28.1 Å². The molecular formula is C13H15BrFNO2. The van der Waals surface area contributed by atoms with Gasteiger partial charge in [-0.05, 0) is 19.1 Å². The van der Waals surface area contributed by atoms with Crippen LogP contribution >= 0.6 is 15.9 Å². The van der Waals surface area contributed by atoms with Crippen molar-refractivity contribution in [3.05, 3.63) is 46.7 Å². The van der Waals surface area contributed by atoms with Gasteiger partial charge in [-0.15, -0.1) is 6.58 Å². The van der Waals surface area contributed by atoms with Gasteiger partial charge in [0.15, 0.2) is 0 Å². The quantitative estimate of drug-likeness (QED) is 0.670. The van der Waals surface area contributed by atoms with Crippen molar-refractivity contribution in [3.8, 4) is 0 Å². The third-order valence-electron chi connectivity index (χ3n) is 2.66. The number of nitrogens with one attached hydrogen (secondary N) is 1. The van der Waals surface area contributed by atoms with Gasteiger partial charge >= 0.3 is 5.97 Å². The Balaban J connectivity index is 3.24.